The Hall–Kier alpha value is -1.39. The van der Waals surface area contributed by atoms with E-state index in [2.05, 4.69) is 19.1 Å². The quantitative estimate of drug-likeness (QED) is 0.927. The van der Waals surface area contributed by atoms with Crippen molar-refractivity contribution in [1.82, 2.24) is 4.90 Å². The fourth-order valence-corrected chi connectivity index (χ4v) is 3.23. The predicted molar refractivity (Wildman–Crippen MR) is 81.8 cm³/mol. The zero-order chi connectivity index (χ0) is 14.9. The van der Waals surface area contributed by atoms with E-state index in [0.717, 1.165) is 19.3 Å². The normalized spacial score (nSPS) is 24.5. The maximum atomic E-state index is 12.5. The predicted octanol–water partition coefficient (Wildman–Crippen LogP) is 2.17. The fraction of sp³-hybridized carbons (Fsp3) is 0.588. The molecule has 4 nitrogen and oxygen atoms in total. The first-order valence-electron chi connectivity index (χ1n) is 7.81. The molecule has 1 saturated carbocycles. The van der Waals surface area contributed by atoms with Crippen molar-refractivity contribution in [3.8, 4) is 0 Å². The van der Waals surface area contributed by atoms with Gasteiger partial charge in [0.2, 0.25) is 5.91 Å². The molecule has 1 aliphatic carbocycles. The lowest BCUT2D eigenvalue weighted by Gasteiger charge is -2.40. The number of aryl methyl sites for hydroxylation is 1. The summed E-state index contributed by atoms with van der Waals surface area (Å²) >= 11 is 0. The summed E-state index contributed by atoms with van der Waals surface area (Å²) in [6.45, 7) is 4.00. The van der Waals surface area contributed by atoms with Crippen LogP contribution in [0.3, 0.4) is 0 Å². The second kappa shape index (κ2) is 5.78. The zero-order valence-electron chi connectivity index (χ0n) is 12.7. The summed E-state index contributed by atoms with van der Waals surface area (Å²) in [5, 5.41) is 0. The monoisotopic (exact) mass is 288 g/mol. The first-order valence-corrected chi connectivity index (χ1v) is 7.81. The van der Waals surface area contributed by atoms with E-state index in [1.54, 1.807) is 0 Å². The second-order valence-corrected chi connectivity index (χ2v) is 6.45. The molecule has 0 bridgehead atoms. The lowest BCUT2D eigenvalue weighted by molar-refractivity contribution is -0.141. The minimum Gasteiger partial charge on any atom is -0.370 e. The van der Waals surface area contributed by atoms with Crippen LogP contribution < -0.4 is 5.73 Å². The van der Waals surface area contributed by atoms with Crippen LogP contribution in [0.5, 0.6) is 0 Å². The number of amides is 1. The standard InChI is InChI=1S/C17H24N2O2/c1-13-5-2-3-6-14(13)15-12-19(9-10-21-15)16(20)11-17(18)7-4-8-17/h2-3,5-6,15H,4,7-12,18H2,1H3/t15-/m1/s1. The Labute approximate surface area is 126 Å². The molecule has 1 amide bonds. The molecule has 114 valence electrons. The molecule has 1 aromatic carbocycles. The van der Waals surface area contributed by atoms with Gasteiger partial charge < -0.3 is 15.4 Å². The van der Waals surface area contributed by atoms with Gasteiger partial charge in [-0.2, -0.15) is 0 Å². The molecule has 3 rings (SSSR count). The van der Waals surface area contributed by atoms with Gasteiger partial charge in [-0.3, -0.25) is 4.79 Å². The van der Waals surface area contributed by atoms with Crippen LogP contribution in [0.2, 0.25) is 0 Å². The molecule has 1 aliphatic heterocycles. The summed E-state index contributed by atoms with van der Waals surface area (Å²) in [6, 6.07) is 8.22. The lowest BCUT2D eigenvalue weighted by Crippen LogP contribution is -2.52. The van der Waals surface area contributed by atoms with Crippen LogP contribution in [0.4, 0.5) is 0 Å². The van der Waals surface area contributed by atoms with E-state index in [9.17, 15) is 4.79 Å². The number of nitrogens with zero attached hydrogens (tertiary/aromatic N) is 1. The maximum Gasteiger partial charge on any atom is 0.224 e. The van der Waals surface area contributed by atoms with E-state index >= 15 is 0 Å². The first-order chi connectivity index (χ1) is 10.1. The molecular formula is C17H24N2O2. The van der Waals surface area contributed by atoms with Crippen LogP contribution in [0, 0.1) is 6.92 Å². The van der Waals surface area contributed by atoms with Crippen molar-refractivity contribution in [2.24, 2.45) is 5.73 Å². The van der Waals surface area contributed by atoms with Gasteiger partial charge in [0.25, 0.3) is 0 Å². The summed E-state index contributed by atoms with van der Waals surface area (Å²) in [6.07, 6.45) is 3.57. The Bertz CT molecular complexity index is 525. The Balaban J connectivity index is 1.65. The summed E-state index contributed by atoms with van der Waals surface area (Å²) in [5.74, 6) is 0.180. The van der Waals surface area contributed by atoms with Crippen molar-refractivity contribution in [2.45, 2.75) is 44.2 Å². The van der Waals surface area contributed by atoms with Crippen molar-refractivity contribution >= 4 is 5.91 Å². The number of nitrogens with two attached hydrogens (primary N) is 1. The topological polar surface area (TPSA) is 55.6 Å². The number of morpholine rings is 1. The SMILES string of the molecule is Cc1ccccc1[C@H]1CN(C(=O)CC2(N)CCC2)CCO1. The zero-order valence-corrected chi connectivity index (χ0v) is 12.7. The second-order valence-electron chi connectivity index (χ2n) is 6.45. The number of hydrogen-bond acceptors (Lipinski definition) is 3. The van der Waals surface area contributed by atoms with Gasteiger partial charge in [0.05, 0.1) is 13.2 Å². The molecule has 1 heterocycles. The Morgan fingerprint density at radius 3 is 2.86 bits per heavy atom. The van der Waals surface area contributed by atoms with Gasteiger partial charge in [0.1, 0.15) is 6.10 Å². The Kier molecular flexibility index (Phi) is 4.00. The van der Waals surface area contributed by atoms with Gasteiger partial charge in [-0.25, -0.2) is 0 Å². The molecule has 2 aliphatic rings. The van der Waals surface area contributed by atoms with Crippen LogP contribution in [-0.2, 0) is 9.53 Å². The smallest absolute Gasteiger partial charge is 0.224 e. The molecule has 21 heavy (non-hydrogen) atoms. The van der Waals surface area contributed by atoms with Crippen molar-refractivity contribution in [2.75, 3.05) is 19.7 Å². The third-order valence-corrected chi connectivity index (χ3v) is 4.81. The molecular weight excluding hydrogens is 264 g/mol. The molecule has 1 aromatic rings. The summed E-state index contributed by atoms with van der Waals surface area (Å²) in [4.78, 5) is 14.4. The highest BCUT2D eigenvalue weighted by Crippen LogP contribution is 2.33. The molecule has 2 N–H and O–H groups in total. The van der Waals surface area contributed by atoms with Crippen LogP contribution in [-0.4, -0.2) is 36.0 Å². The lowest BCUT2D eigenvalue weighted by atomic mass is 9.75. The van der Waals surface area contributed by atoms with Crippen LogP contribution in [0.15, 0.2) is 24.3 Å². The van der Waals surface area contributed by atoms with E-state index in [1.807, 2.05) is 17.0 Å². The molecule has 0 unspecified atom stereocenters. The Morgan fingerprint density at radius 1 is 1.43 bits per heavy atom. The minimum absolute atomic E-state index is 0.0148. The number of carbonyl (C=O) groups is 1. The number of benzene rings is 1. The van der Waals surface area contributed by atoms with E-state index in [1.165, 1.54) is 11.1 Å². The fourth-order valence-electron chi connectivity index (χ4n) is 3.23. The van der Waals surface area contributed by atoms with Crippen molar-refractivity contribution < 1.29 is 9.53 Å². The molecule has 0 spiro atoms. The first kappa shape index (κ1) is 14.5. The molecule has 4 heteroatoms. The van der Waals surface area contributed by atoms with Crippen molar-refractivity contribution in [1.29, 1.82) is 0 Å². The Morgan fingerprint density at radius 2 is 2.19 bits per heavy atom. The van der Waals surface area contributed by atoms with Crippen LogP contribution >= 0.6 is 0 Å². The molecule has 1 atom stereocenters. The number of rotatable bonds is 3. The molecule has 2 fully saturated rings. The third-order valence-electron chi connectivity index (χ3n) is 4.81. The van der Waals surface area contributed by atoms with Gasteiger partial charge in [-0.05, 0) is 37.3 Å². The van der Waals surface area contributed by atoms with E-state index in [0.29, 0.717) is 26.1 Å². The average Bonchev–Trinajstić information content (AvgIpc) is 2.46. The molecule has 0 radical (unpaired) electrons. The van der Waals surface area contributed by atoms with Gasteiger partial charge in [0, 0.05) is 18.5 Å². The summed E-state index contributed by atoms with van der Waals surface area (Å²) < 4.78 is 5.87. The van der Waals surface area contributed by atoms with Crippen molar-refractivity contribution in [3.05, 3.63) is 35.4 Å². The number of carbonyl (C=O) groups excluding carboxylic acids is 1. The minimum atomic E-state index is -0.243. The molecule has 1 saturated heterocycles. The van der Waals surface area contributed by atoms with Gasteiger partial charge in [-0.15, -0.1) is 0 Å². The van der Waals surface area contributed by atoms with Crippen molar-refractivity contribution in [3.63, 3.8) is 0 Å². The highest BCUT2D eigenvalue weighted by molar-refractivity contribution is 5.77. The number of hydrogen-bond donors (Lipinski definition) is 1. The average molecular weight is 288 g/mol. The summed E-state index contributed by atoms with van der Waals surface area (Å²) in [7, 11) is 0. The largest absolute Gasteiger partial charge is 0.370 e. The van der Waals surface area contributed by atoms with E-state index < -0.39 is 0 Å². The highest BCUT2D eigenvalue weighted by atomic mass is 16.5. The molecule has 0 aromatic heterocycles. The van der Waals surface area contributed by atoms with Gasteiger partial charge >= 0.3 is 0 Å². The van der Waals surface area contributed by atoms with Gasteiger partial charge in [-0.1, -0.05) is 24.3 Å². The van der Waals surface area contributed by atoms with Crippen LogP contribution in [0.1, 0.15) is 42.9 Å². The van der Waals surface area contributed by atoms with Gasteiger partial charge in [0.15, 0.2) is 0 Å². The maximum absolute atomic E-state index is 12.5. The highest BCUT2D eigenvalue weighted by Gasteiger charge is 2.37. The number of ether oxygens (including phenoxy) is 1. The van der Waals surface area contributed by atoms with Crippen LogP contribution in [0.25, 0.3) is 0 Å². The van der Waals surface area contributed by atoms with E-state index in [4.69, 9.17) is 10.5 Å². The van der Waals surface area contributed by atoms with E-state index in [-0.39, 0.29) is 17.6 Å². The third kappa shape index (κ3) is 3.11. The summed E-state index contributed by atoms with van der Waals surface area (Å²) in [5.41, 5.74) is 8.35.